The Morgan fingerprint density at radius 2 is 2.08 bits per heavy atom. The van der Waals surface area contributed by atoms with E-state index in [1.54, 1.807) is 43.9 Å². The molecule has 192 valence electrons. The topological polar surface area (TPSA) is 100 Å². The van der Waals surface area contributed by atoms with E-state index >= 15 is 4.39 Å². The highest BCUT2D eigenvalue weighted by Crippen LogP contribution is 2.42. The van der Waals surface area contributed by atoms with Crippen LogP contribution in [-0.2, 0) is 11.2 Å². The van der Waals surface area contributed by atoms with Crippen molar-refractivity contribution in [3.05, 3.63) is 59.3 Å². The molecule has 2 aromatic heterocycles. The Hall–Kier alpha value is -2.88. The van der Waals surface area contributed by atoms with Crippen molar-refractivity contribution in [3.8, 4) is 5.75 Å². The van der Waals surface area contributed by atoms with Gasteiger partial charge in [-0.25, -0.2) is 9.87 Å². The number of fused-ring (bicyclic) bond motifs is 1. The molecule has 0 aliphatic carbocycles. The molecule has 1 fully saturated rings. The molecule has 1 aliphatic heterocycles. The third-order valence-corrected chi connectivity index (χ3v) is 7.48. The summed E-state index contributed by atoms with van der Waals surface area (Å²) in [6.45, 7) is 2.27. The predicted molar refractivity (Wildman–Crippen MR) is 135 cm³/mol. The van der Waals surface area contributed by atoms with Crippen molar-refractivity contribution in [2.75, 3.05) is 26.7 Å². The number of hydroxylamine groups is 1. The van der Waals surface area contributed by atoms with Gasteiger partial charge in [0.05, 0.1) is 28.8 Å². The second kappa shape index (κ2) is 11.9. The number of halogens is 2. The molecule has 0 saturated carbocycles. The van der Waals surface area contributed by atoms with Gasteiger partial charge in [0.15, 0.2) is 0 Å². The molecule has 1 atom stereocenters. The molecule has 1 aromatic carbocycles. The molecule has 36 heavy (non-hydrogen) atoms. The first-order valence-electron chi connectivity index (χ1n) is 12.1. The molecule has 4 rings (SSSR count). The molecule has 1 amide bonds. The average Bonchev–Trinajstić information content (AvgIpc) is 2.92. The van der Waals surface area contributed by atoms with Crippen LogP contribution >= 0.6 is 11.6 Å². The summed E-state index contributed by atoms with van der Waals surface area (Å²) < 4.78 is 21.0. The van der Waals surface area contributed by atoms with Gasteiger partial charge in [0.2, 0.25) is 5.91 Å². The van der Waals surface area contributed by atoms with Gasteiger partial charge in [0, 0.05) is 35.7 Å². The molecule has 2 N–H and O–H groups in total. The minimum absolute atomic E-state index is 0.0934. The summed E-state index contributed by atoms with van der Waals surface area (Å²) in [5.74, 6) is 0.129. The standard InChI is InChI=1S/C26H31ClFN5O3/c1-36-19-4-5-23-20(15-19)24(21(27)17-31-23)22(28)6-7-26(25(34)32-35)8-13-33(14-9-26)12-2-3-18-16-29-10-11-30-18/h4-5,10-11,15-17,22,35H,2-3,6-9,12-14H2,1H3,(H,32,34). The number of ether oxygens (including phenoxy) is 1. The second-order valence-corrected chi connectivity index (χ2v) is 9.68. The number of nitrogens with zero attached hydrogens (tertiary/aromatic N) is 4. The summed E-state index contributed by atoms with van der Waals surface area (Å²) in [6, 6.07) is 5.26. The first-order valence-corrected chi connectivity index (χ1v) is 12.5. The van der Waals surface area contributed by atoms with Gasteiger partial charge in [-0.05, 0) is 76.4 Å². The van der Waals surface area contributed by atoms with Gasteiger partial charge >= 0.3 is 0 Å². The highest BCUT2D eigenvalue weighted by atomic mass is 35.5. The largest absolute Gasteiger partial charge is 0.497 e. The second-order valence-electron chi connectivity index (χ2n) is 9.27. The van der Waals surface area contributed by atoms with Crippen LogP contribution in [0.3, 0.4) is 0 Å². The molecule has 0 spiro atoms. The van der Waals surface area contributed by atoms with Crippen LogP contribution in [0.15, 0.2) is 43.0 Å². The number of hydrogen-bond acceptors (Lipinski definition) is 7. The normalized spacial score (nSPS) is 16.6. The van der Waals surface area contributed by atoms with Gasteiger partial charge in [0.1, 0.15) is 11.9 Å². The number of benzene rings is 1. The van der Waals surface area contributed by atoms with Crippen LogP contribution in [0.2, 0.25) is 5.02 Å². The lowest BCUT2D eigenvalue weighted by Gasteiger charge is -2.40. The zero-order valence-electron chi connectivity index (χ0n) is 20.3. The number of rotatable bonds is 10. The van der Waals surface area contributed by atoms with Crippen LogP contribution in [0.4, 0.5) is 4.39 Å². The van der Waals surface area contributed by atoms with Crippen molar-refractivity contribution in [1.29, 1.82) is 0 Å². The Kier molecular flexibility index (Phi) is 8.66. The number of piperidine rings is 1. The summed E-state index contributed by atoms with van der Waals surface area (Å²) in [6.07, 6.45) is 8.40. The molecular formula is C26H31ClFN5O3. The Morgan fingerprint density at radius 3 is 2.78 bits per heavy atom. The molecule has 3 aromatic rings. The van der Waals surface area contributed by atoms with Crippen molar-refractivity contribution < 1.29 is 19.1 Å². The predicted octanol–water partition coefficient (Wildman–Crippen LogP) is 4.70. The number of alkyl halides is 1. The van der Waals surface area contributed by atoms with Crippen LogP contribution in [0, 0.1) is 5.41 Å². The molecule has 1 unspecified atom stereocenters. The number of carbonyl (C=O) groups excluding carboxylic acids is 1. The lowest BCUT2D eigenvalue weighted by Crippen LogP contribution is -2.48. The van der Waals surface area contributed by atoms with E-state index in [0.717, 1.165) is 25.1 Å². The van der Waals surface area contributed by atoms with Crippen LogP contribution in [0.5, 0.6) is 5.75 Å². The summed E-state index contributed by atoms with van der Waals surface area (Å²) >= 11 is 6.37. The summed E-state index contributed by atoms with van der Waals surface area (Å²) in [5.41, 5.74) is 2.91. The molecule has 1 aliphatic rings. The van der Waals surface area contributed by atoms with Crippen LogP contribution in [0.25, 0.3) is 10.9 Å². The number of pyridine rings is 1. The van der Waals surface area contributed by atoms with Gasteiger partial charge in [0.25, 0.3) is 0 Å². The van der Waals surface area contributed by atoms with Gasteiger partial charge in [-0.15, -0.1) is 0 Å². The summed E-state index contributed by atoms with van der Waals surface area (Å²) in [4.78, 5) is 27.7. The maximum absolute atomic E-state index is 15.7. The maximum atomic E-state index is 15.7. The number of aryl methyl sites for hydroxylation is 1. The number of nitrogens with one attached hydrogen (secondary N) is 1. The van der Waals surface area contributed by atoms with E-state index in [-0.39, 0.29) is 17.9 Å². The lowest BCUT2D eigenvalue weighted by molar-refractivity contribution is -0.143. The van der Waals surface area contributed by atoms with E-state index in [9.17, 15) is 10.0 Å². The maximum Gasteiger partial charge on any atom is 0.249 e. The number of methoxy groups -OCH3 is 1. The zero-order chi connectivity index (χ0) is 25.5. The fourth-order valence-corrected chi connectivity index (χ4v) is 5.29. The van der Waals surface area contributed by atoms with E-state index in [2.05, 4.69) is 19.9 Å². The molecule has 0 bridgehead atoms. The van der Waals surface area contributed by atoms with Gasteiger partial charge < -0.3 is 9.64 Å². The van der Waals surface area contributed by atoms with Crippen LogP contribution < -0.4 is 10.2 Å². The summed E-state index contributed by atoms with van der Waals surface area (Å²) in [5, 5.41) is 10.3. The molecule has 1 saturated heterocycles. The molecule has 0 radical (unpaired) electrons. The third kappa shape index (κ3) is 5.91. The average molecular weight is 516 g/mol. The first-order chi connectivity index (χ1) is 17.5. The quantitative estimate of drug-likeness (QED) is 0.298. The van der Waals surface area contributed by atoms with Crippen molar-refractivity contribution in [2.45, 2.75) is 44.7 Å². The van der Waals surface area contributed by atoms with E-state index < -0.39 is 17.5 Å². The lowest BCUT2D eigenvalue weighted by atomic mass is 9.73. The fraction of sp³-hybridized carbons (Fsp3) is 0.462. The molecular weight excluding hydrogens is 485 g/mol. The van der Waals surface area contributed by atoms with E-state index in [0.29, 0.717) is 48.1 Å². The zero-order valence-corrected chi connectivity index (χ0v) is 21.0. The third-order valence-electron chi connectivity index (χ3n) is 7.18. The highest BCUT2D eigenvalue weighted by Gasteiger charge is 2.41. The number of carbonyl (C=O) groups is 1. The van der Waals surface area contributed by atoms with Gasteiger partial charge in [-0.3, -0.25) is 25.0 Å². The van der Waals surface area contributed by atoms with Gasteiger partial charge in [-0.1, -0.05) is 11.6 Å². The molecule has 10 heteroatoms. The highest BCUT2D eigenvalue weighted by molar-refractivity contribution is 6.32. The minimum atomic E-state index is -1.40. The Balaban J connectivity index is 1.40. The number of hydrogen-bond donors (Lipinski definition) is 2. The Labute approximate surface area is 214 Å². The van der Waals surface area contributed by atoms with E-state index in [1.807, 2.05) is 5.48 Å². The van der Waals surface area contributed by atoms with Crippen molar-refractivity contribution in [2.24, 2.45) is 5.41 Å². The van der Waals surface area contributed by atoms with Crippen LogP contribution in [0.1, 0.15) is 49.5 Å². The number of amides is 1. The van der Waals surface area contributed by atoms with Crippen molar-refractivity contribution in [3.63, 3.8) is 0 Å². The van der Waals surface area contributed by atoms with Gasteiger partial charge in [-0.2, -0.15) is 0 Å². The smallest absolute Gasteiger partial charge is 0.249 e. The summed E-state index contributed by atoms with van der Waals surface area (Å²) in [7, 11) is 1.55. The minimum Gasteiger partial charge on any atom is -0.497 e. The first kappa shape index (κ1) is 26.2. The number of aromatic nitrogens is 3. The van der Waals surface area contributed by atoms with Crippen molar-refractivity contribution in [1.82, 2.24) is 25.3 Å². The van der Waals surface area contributed by atoms with E-state index in [4.69, 9.17) is 16.3 Å². The SMILES string of the molecule is COc1ccc2ncc(Cl)c(C(F)CCC3(C(=O)NO)CCN(CCCc4cnccn4)CC3)c2c1. The Morgan fingerprint density at radius 1 is 1.28 bits per heavy atom. The fourth-order valence-electron chi connectivity index (χ4n) is 5.02. The number of likely N-dealkylation sites (tertiary alicyclic amines) is 1. The van der Waals surface area contributed by atoms with E-state index in [1.165, 1.54) is 6.20 Å². The van der Waals surface area contributed by atoms with Crippen molar-refractivity contribution >= 4 is 28.4 Å². The molecule has 8 nitrogen and oxygen atoms in total. The van der Waals surface area contributed by atoms with Crippen LogP contribution in [-0.4, -0.2) is 57.7 Å². The monoisotopic (exact) mass is 515 g/mol. The molecule has 3 heterocycles. The Bertz CT molecular complexity index is 1170.